The van der Waals surface area contributed by atoms with Crippen molar-refractivity contribution >= 4 is 35.2 Å². The van der Waals surface area contributed by atoms with Crippen molar-refractivity contribution in [2.24, 2.45) is 7.05 Å². The Labute approximate surface area is 170 Å². The van der Waals surface area contributed by atoms with Gasteiger partial charge in [0.25, 0.3) is 11.8 Å². The Hall–Kier alpha value is -2.84. The highest BCUT2D eigenvalue weighted by atomic mass is 35.5. The monoisotopic (exact) mass is 414 g/mol. The number of fused-ring (bicyclic) bond motifs is 1. The Kier molecular flexibility index (Phi) is 5.06. The Bertz CT molecular complexity index is 1020. The standard InChI is InChI=1S/C19H15ClN4O3S/c1-23-16(10-27-13-8-6-12(20)7-9-13)21-22-19(23)28-11-24-17(25)14-4-2-3-5-15(14)18(24)26/h2-9H,10-11H2,1H3. The van der Waals surface area contributed by atoms with Crippen LogP contribution in [0.5, 0.6) is 5.75 Å². The normalized spacial score (nSPS) is 13.1. The number of amides is 2. The lowest BCUT2D eigenvalue weighted by Crippen LogP contribution is -2.29. The Balaban J connectivity index is 1.39. The van der Waals surface area contributed by atoms with E-state index in [1.807, 2.05) is 7.05 Å². The minimum absolute atomic E-state index is 0.163. The van der Waals surface area contributed by atoms with Crippen molar-refractivity contribution in [2.45, 2.75) is 11.8 Å². The van der Waals surface area contributed by atoms with Crippen molar-refractivity contribution in [2.75, 3.05) is 5.88 Å². The van der Waals surface area contributed by atoms with Gasteiger partial charge in [-0.15, -0.1) is 10.2 Å². The molecule has 9 heteroatoms. The lowest BCUT2D eigenvalue weighted by atomic mass is 10.1. The minimum atomic E-state index is -0.290. The summed E-state index contributed by atoms with van der Waals surface area (Å²) in [5, 5.41) is 9.48. The molecule has 2 amide bonds. The van der Waals surface area contributed by atoms with Gasteiger partial charge in [0.2, 0.25) is 0 Å². The summed E-state index contributed by atoms with van der Waals surface area (Å²) in [6.45, 7) is 0.235. The Morgan fingerprint density at radius 3 is 2.29 bits per heavy atom. The molecular formula is C19H15ClN4O3S. The first-order chi connectivity index (χ1) is 13.5. The number of thioether (sulfide) groups is 1. The zero-order valence-electron chi connectivity index (χ0n) is 14.8. The fourth-order valence-electron chi connectivity index (χ4n) is 2.75. The van der Waals surface area contributed by atoms with E-state index in [9.17, 15) is 9.59 Å². The lowest BCUT2D eigenvalue weighted by molar-refractivity contribution is 0.0684. The molecule has 142 valence electrons. The molecule has 0 spiro atoms. The first-order valence-electron chi connectivity index (χ1n) is 8.39. The summed E-state index contributed by atoms with van der Waals surface area (Å²) in [6.07, 6.45) is 0. The van der Waals surface area contributed by atoms with Gasteiger partial charge in [0, 0.05) is 12.1 Å². The number of carbonyl (C=O) groups is 2. The molecular weight excluding hydrogens is 400 g/mol. The smallest absolute Gasteiger partial charge is 0.262 e. The van der Waals surface area contributed by atoms with Gasteiger partial charge in [-0.3, -0.25) is 14.5 Å². The molecule has 0 fully saturated rings. The molecule has 0 saturated heterocycles. The number of hydrogen-bond acceptors (Lipinski definition) is 6. The Morgan fingerprint density at radius 2 is 1.64 bits per heavy atom. The van der Waals surface area contributed by atoms with E-state index >= 15 is 0 Å². The van der Waals surface area contributed by atoms with Crippen molar-refractivity contribution in [1.29, 1.82) is 0 Å². The van der Waals surface area contributed by atoms with Crippen LogP contribution in [0.2, 0.25) is 5.02 Å². The number of rotatable bonds is 6. The molecule has 0 saturated carbocycles. The second-order valence-corrected chi connectivity index (χ2v) is 7.41. The molecule has 0 unspecified atom stereocenters. The van der Waals surface area contributed by atoms with Crippen LogP contribution in [0, 0.1) is 0 Å². The first kappa shape index (κ1) is 18.5. The number of benzene rings is 2. The third kappa shape index (κ3) is 3.48. The van der Waals surface area contributed by atoms with Crippen LogP contribution in [0.3, 0.4) is 0 Å². The number of carbonyl (C=O) groups excluding carboxylic acids is 2. The molecule has 3 aromatic rings. The van der Waals surface area contributed by atoms with E-state index in [2.05, 4.69) is 10.2 Å². The van der Waals surface area contributed by atoms with Gasteiger partial charge in [0.05, 0.1) is 17.0 Å². The summed E-state index contributed by atoms with van der Waals surface area (Å²) in [5.74, 6) is 0.881. The van der Waals surface area contributed by atoms with Crippen LogP contribution in [0.4, 0.5) is 0 Å². The molecule has 0 radical (unpaired) electrons. The van der Waals surface area contributed by atoms with Gasteiger partial charge in [-0.25, -0.2) is 0 Å². The first-order valence-corrected chi connectivity index (χ1v) is 9.75. The third-order valence-corrected chi connectivity index (χ3v) is 5.56. The van der Waals surface area contributed by atoms with Crippen molar-refractivity contribution in [3.8, 4) is 5.75 Å². The molecule has 1 aromatic heterocycles. The van der Waals surface area contributed by atoms with Gasteiger partial charge in [-0.1, -0.05) is 35.5 Å². The summed E-state index contributed by atoms with van der Waals surface area (Å²) in [6, 6.07) is 13.9. The Morgan fingerprint density at radius 1 is 1.00 bits per heavy atom. The average molecular weight is 415 g/mol. The number of hydrogen-bond donors (Lipinski definition) is 0. The quantitative estimate of drug-likeness (QED) is 0.454. The van der Waals surface area contributed by atoms with E-state index < -0.39 is 0 Å². The summed E-state index contributed by atoms with van der Waals surface area (Å²) in [5.41, 5.74) is 0.867. The van der Waals surface area contributed by atoms with Gasteiger partial charge in [-0.05, 0) is 36.4 Å². The molecule has 1 aliphatic rings. The van der Waals surface area contributed by atoms with Gasteiger partial charge in [0.15, 0.2) is 11.0 Å². The lowest BCUT2D eigenvalue weighted by Gasteiger charge is -2.12. The molecule has 7 nitrogen and oxygen atoms in total. The molecule has 28 heavy (non-hydrogen) atoms. The average Bonchev–Trinajstić information content (AvgIpc) is 3.18. The zero-order chi connectivity index (χ0) is 19.7. The van der Waals surface area contributed by atoms with Crippen LogP contribution in [0.25, 0.3) is 0 Å². The van der Waals surface area contributed by atoms with Crippen LogP contribution in [0.1, 0.15) is 26.5 Å². The van der Waals surface area contributed by atoms with E-state index in [1.54, 1.807) is 53.1 Å². The number of imide groups is 1. The highest BCUT2D eigenvalue weighted by molar-refractivity contribution is 7.99. The predicted octanol–water partition coefficient (Wildman–Crippen LogP) is 3.39. The summed E-state index contributed by atoms with van der Waals surface area (Å²) < 4.78 is 7.46. The maximum Gasteiger partial charge on any atom is 0.262 e. The highest BCUT2D eigenvalue weighted by Crippen LogP contribution is 2.26. The highest BCUT2D eigenvalue weighted by Gasteiger charge is 2.35. The molecule has 0 bridgehead atoms. The summed E-state index contributed by atoms with van der Waals surface area (Å²) in [4.78, 5) is 26.1. The van der Waals surface area contributed by atoms with Crippen LogP contribution in [-0.4, -0.2) is 37.4 Å². The van der Waals surface area contributed by atoms with Crippen molar-refractivity contribution in [3.63, 3.8) is 0 Å². The number of ether oxygens (including phenoxy) is 1. The summed E-state index contributed by atoms with van der Waals surface area (Å²) >= 11 is 7.13. The van der Waals surface area contributed by atoms with Crippen LogP contribution < -0.4 is 4.74 Å². The largest absolute Gasteiger partial charge is 0.486 e. The number of nitrogens with zero attached hydrogens (tertiary/aromatic N) is 4. The van der Waals surface area contributed by atoms with Gasteiger partial charge in [-0.2, -0.15) is 0 Å². The van der Waals surface area contributed by atoms with Crippen molar-refractivity contribution < 1.29 is 14.3 Å². The number of aromatic nitrogens is 3. The molecule has 1 aliphatic heterocycles. The van der Waals surface area contributed by atoms with E-state index in [-0.39, 0.29) is 24.3 Å². The second kappa shape index (κ2) is 7.65. The van der Waals surface area contributed by atoms with Crippen LogP contribution in [0.15, 0.2) is 53.7 Å². The molecule has 2 heterocycles. The predicted molar refractivity (Wildman–Crippen MR) is 104 cm³/mol. The fraction of sp³-hybridized carbons (Fsp3) is 0.158. The van der Waals surface area contributed by atoms with Crippen LogP contribution in [-0.2, 0) is 13.7 Å². The zero-order valence-corrected chi connectivity index (χ0v) is 16.4. The third-order valence-electron chi connectivity index (χ3n) is 4.31. The molecule has 0 atom stereocenters. The molecule has 0 N–H and O–H groups in total. The maximum atomic E-state index is 12.4. The molecule has 4 rings (SSSR count). The minimum Gasteiger partial charge on any atom is -0.486 e. The number of halogens is 1. The summed E-state index contributed by atoms with van der Waals surface area (Å²) in [7, 11) is 1.81. The second-order valence-electron chi connectivity index (χ2n) is 6.06. The van der Waals surface area contributed by atoms with E-state index in [0.29, 0.717) is 32.9 Å². The SMILES string of the molecule is Cn1c(COc2ccc(Cl)cc2)nnc1SCN1C(=O)c2ccccc2C1=O. The van der Waals surface area contributed by atoms with Gasteiger partial charge >= 0.3 is 0 Å². The van der Waals surface area contributed by atoms with E-state index in [1.165, 1.54) is 16.7 Å². The maximum absolute atomic E-state index is 12.4. The van der Waals surface area contributed by atoms with Crippen LogP contribution >= 0.6 is 23.4 Å². The van der Waals surface area contributed by atoms with E-state index in [0.717, 1.165) is 0 Å². The fourth-order valence-corrected chi connectivity index (χ4v) is 3.76. The van der Waals surface area contributed by atoms with Gasteiger partial charge in [0.1, 0.15) is 12.4 Å². The van der Waals surface area contributed by atoms with Crippen molar-refractivity contribution in [1.82, 2.24) is 19.7 Å². The van der Waals surface area contributed by atoms with Crippen molar-refractivity contribution in [3.05, 3.63) is 70.5 Å². The molecule has 2 aromatic carbocycles. The van der Waals surface area contributed by atoms with E-state index in [4.69, 9.17) is 16.3 Å². The molecule has 0 aliphatic carbocycles. The van der Waals surface area contributed by atoms with Gasteiger partial charge < -0.3 is 9.30 Å². The topological polar surface area (TPSA) is 77.3 Å².